The molecule has 94 valence electrons. The standard InChI is InChI=1S/C15H22O2/c1-9-4-6-12-10(2)5-7-13(14(12)8-9)11(3)15(16)17/h8,10-11,13H,4-7H2,1-3H3,(H,16,17)/t10-,11-,13+/m1/s1. The molecule has 0 saturated carbocycles. The average molecular weight is 234 g/mol. The Morgan fingerprint density at radius 3 is 2.76 bits per heavy atom. The van der Waals surface area contributed by atoms with Gasteiger partial charge in [0.2, 0.25) is 0 Å². The second kappa shape index (κ2) is 4.67. The van der Waals surface area contributed by atoms with Gasteiger partial charge in [0.25, 0.3) is 0 Å². The molecule has 2 aliphatic carbocycles. The molecule has 2 nitrogen and oxygen atoms in total. The van der Waals surface area contributed by atoms with Gasteiger partial charge in [-0.1, -0.05) is 31.1 Å². The van der Waals surface area contributed by atoms with Crippen LogP contribution in [0.4, 0.5) is 0 Å². The Balaban J connectivity index is 2.36. The summed E-state index contributed by atoms with van der Waals surface area (Å²) in [5.41, 5.74) is 4.28. The largest absolute Gasteiger partial charge is 0.481 e. The number of allylic oxidation sites excluding steroid dienone is 4. The number of carboxylic acid groups (broad SMARTS) is 1. The van der Waals surface area contributed by atoms with Crippen LogP contribution in [0.15, 0.2) is 22.8 Å². The maximum absolute atomic E-state index is 11.2. The van der Waals surface area contributed by atoms with Crippen molar-refractivity contribution in [3.8, 4) is 0 Å². The highest BCUT2D eigenvalue weighted by Crippen LogP contribution is 2.43. The Hall–Kier alpha value is -1.05. The van der Waals surface area contributed by atoms with Gasteiger partial charge in [-0.25, -0.2) is 0 Å². The highest BCUT2D eigenvalue weighted by Gasteiger charge is 2.33. The molecule has 0 bridgehead atoms. The molecule has 0 amide bonds. The van der Waals surface area contributed by atoms with Crippen molar-refractivity contribution in [2.75, 3.05) is 0 Å². The predicted molar refractivity (Wildman–Crippen MR) is 68.7 cm³/mol. The Morgan fingerprint density at radius 1 is 1.41 bits per heavy atom. The first-order valence-electron chi connectivity index (χ1n) is 6.63. The third-order valence-corrected chi connectivity index (χ3v) is 4.46. The zero-order chi connectivity index (χ0) is 12.6. The van der Waals surface area contributed by atoms with E-state index in [2.05, 4.69) is 19.9 Å². The molecule has 0 radical (unpaired) electrons. The Bertz CT molecular complexity index is 390. The van der Waals surface area contributed by atoms with Crippen LogP contribution in [0.3, 0.4) is 0 Å². The summed E-state index contributed by atoms with van der Waals surface area (Å²) in [6, 6.07) is 0. The van der Waals surface area contributed by atoms with E-state index in [0.717, 1.165) is 25.7 Å². The zero-order valence-electron chi connectivity index (χ0n) is 11.0. The number of aliphatic carboxylic acids is 1. The predicted octanol–water partition coefficient (Wildman–Crippen LogP) is 3.79. The van der Waals surface area contributed by atoms with Gasteiger partial charge >= 0.3 is 5.97 Å². The molecule has 0 aromatic carbocycles. The molecule has 1 N–H and O–H groups in total. The fourth-order valence-corrected chi connectivity index (χ4v) is 3.23. The Labute approximate surface area is 103 Å². The van der Waals surface area contributed by atoms with Crippen LogP contribution in [-0.2, 0) is 4.79 Å². The van der Waals surface area contributed by atoms with Crippen LogP contribution in [0.5, 0.6) is 0 Å². The first-order chi connectivity index (χ1) is 8.00. The van der Waals surface area contributed by atoms with Gasteiger partial charge in [0.15, 0.2) is 0 Å². The van der Waals surface area contributed by atoms with Gasteiger partial charge in [0.1, 0.15) is 0 Å². The van der Waals surface area contributed by atoms with Crippen molar-refractivity contribution in [1.29, 1.82) is 0 Å². The topological polar surface area (TPSA) is 37.3 Å². The first-order valence-corrected chi connectivity index (χ1v) is 6.63. The van der Waals surface area contributed by atoms with Crippen LogP contribution >= 0.6 is 0 Å². The quantitative estimate of drug-likeness (QED) is 0.789. The van der Waals surface area contributed by atoms with Gasteiger partial charge in [0, 0.05) is 0 Å². The molecule has 2 heteroatoms. The van der Waals surface area contributed by atoms with Gasteiger partial charge < -0.3 is 5.11 Å². The van der Waals surface area contributed by atoms with E-state index >= 15 is 0 Å². The van der Waals surface area contributed by atoms with E-state index in [1.807, 2.05) is 6.92 Å². The lowest BCUT2D eigenvalue weighted by molar-refractivity contribution is -0.142. The molecule has 17 heavy (non-hydrogen) atoms. The number of hydrogen-bond donors (Lipinski definition) is 1. The summed E-state index contributed by atoms with van der Waals surface area (Å²) in [7, 11) is 0. The summed E-state index contributed by atoms with van der Waals surface area (Å²) in [5, 5.41) is 9.21. The molecule has 0 saturated heterocycles. The minimum atomic E-state index is -0.659. The van der Waals surface area contributed by atoms with Crippen molar-refractivity contribution in [3.05, 3.63) is 22.8 Å². The SMILES string of the molecule is CC1=CC2=C(CC1)[C@H](C)CC[C@H]2[C@@H](C)C(=O)O. The number of rotatable bonds is 2. The molecular weight excluding hydrogens is 212 g/mol. The van der Waals surface area contributed by atoms with E-state index in [1.165, 1.54) is 16.7 Å². The van der Waals surface area contributed by atoms with Crippen molar-refractivity contribution in [1.82, 2.24) is 0 Å². The maximum Gasteiger partial charge on any atom is 0.306 e. The van der Waals surface area contributed by atoms with E-state index in [4.69, 9.17) is 0 Å². The van der Waals surface area contributed by atoms with Crippen LogP contribution in [0.2, 0.25) is 0 Å². The lowest BCUT2D eigenvalue weighted by atomic mass is 9.69. The summed E-state index contributed by atoms with van der Waals surface area (Å²) in [4.78, 5) is 11.2. The maximum atomic E-state index is 11.2. The van der Waals surface area contributed by atoms with Crippen LogP contribution in [0.1, 0.15) is 46.5 Å². The van der Waals surface area contributed by atoms with Crippen molar-refractivity contribution in [2.45, 2.75) is 46.5 Å². The molecule has 0 spiro atoms. The van der Waals surface area contributed by atoms with Crippen LogP contribution in [0.25, 0.3) is 0 Å². The normalized spacial score (nSPS) is 30.6. The summed E-state index contributed by atoms with van der Waals surface area (Å²) >= 11 is 0. The van der Waals surface area contributed by atoms with E-state index in [1.54, 1.807) is 0 Å². The van der Waals surface area contributed by atoms with Gasteiger partial charge in [-0.3, -0.25) is 4.79 Å². The molecule has 2 aliphatic rings. The third kappa shape index (κ3) is 2.31. The molecule has 0 aliphatic heterocycles. The molecule has 0 unspecified atom stereocenters. The van der Waals surface area contributed by atoms with Gasteiger partial charge in [0.05, 0.1) is 5.92 Å². The molecule has 0 heterocycles. The highest BCUT2D eigenvalue weighted by molar-refractivity contribution is 5.71. The minimum absolute atomic E-state index is 0.231. The summed E-state index contributed by atoms with van der Waals surface area (Å²) < 4.78 is 0. The molecular formula is C15H22O2. The summed E-state index contributed by atoms with van der Waals surface area (Å²) in [6.07, 6.45) is 6.73. The minimum Gasteiger partial charge on any atom is -0.481 e. The van der Waals surface area contributed by atoms with Crippen molar-refractivity contribution < 1.29 is 9.90 Å². The number of carboxylic acids is 1. The van der Waals surface area contributed by atoms with E-state index in [-0.39, 0.29) is 11.8 Å². The number of carbonyl (C=O) groups is 1. The average Bonchev–Trinajstić information content (AvgIpc) is 2.28. The Kier molecular flexibility index (Phi) is 3.41. The second-order valence-electron chi connectivity index (χ2n) is 5.68. The molecule has 3 atom stereocenters. The van der Waals surface area contributed by atoms with Crippen LogP contribution in [0, 0.1) is 17.8 Å². The fraction of sp³-hybridized carbons (Fsp3) is 0.667. The van der Waals surface area contributed by atoms with Crippen molar-refractivity contribution >= 4 is 5.97 Å². The summed E-state index contributed by atoms with van der Waals surface area (Å²) in [5.74, 6) is -0.0387. The van der Waals surface area contributed by atoms with Gasteiger partial charge in [-0.15, -0.1) is 0 Å². The van der Waals surface area contributed by atoms with Crippen LogP contribution in [-0.4, -0.2) is 11.1 Å². The smallest absolute Gasteiger partial charge is 0.306 e. The summed E-state index contributed by atoms with van der Waals surface area (Å²) in [6.45, 7) is 6.29. The monoisotopic (exact) mass is 234 g/mol. The molecule has 0 aromatic heterocycles. The highest BCUT2D eigenvalue weighted by atomic mass is 16.4. The van der Waals surface area contributed by atoms with Crippen molar-refractivity contribution in [3.63, 3.8) is 0 Å². The van der Waals surface area contributed by atoms with Crippen molar-refractivity contribution in [2.24, 2.45) is 17.8 Å². The van der Waals surface area contributed by atoms with Crippen LogP contribution < -0.4 is 0 Å². The Morgan fingerprint density at radius 2 is 2.12 bits per heavy atom. The fourth-order valence-electron chi connectivity index (χ4n) is 3.23. The van der Waals surface area contributed by atoms with Gasteiger partial charge in [-0.2, -0.15) is 0 Å². The molecule has 0 aromatic rings. The zero-order valence-corrected chi connectivity index (χ0v) is 11.0. The van der Waals surface area contributed by atoms with E-state index in [9.17, 15) is 9.90 Å². The van der Waals surface area contributed by atoms with E-state index < -0.39 is 5.97 Å². The molecule has 0 fully saturated rings. The van der Waals surface area contributed by atoms with Gasteiger partial charge in [-0.05, 0) is 50.0 Å². The first kappa shape index (κ1) is 12.4. The lowest BCUT2D eigenvalue weighted by Gasteiger charge is -2.36. The number of hydrogen-bond acceptors (Lipinski definition) is 1. The molecule has 2 rings (SSSR count). The third-order valence-electron chi connectivity index (χ3n) is 4.46. The van der Waals surface area contributed by atoms with E-state index in [0.29, 0.717) is 5.92 Å². The second-order valence-corrected chi connectivity index (χ2v) is 5.68. The lowest BCUT2D eigenvalue weighted by Crippen LogP contribution is -2.28.